The van der Waals surface area contributed by atoms with Crippen molar-refractivity contribution in [2.75, 3.05) is 6.61 Å². The van der Waals surface area contributed by atoms with E-state index in [0.717, 1.165) is 6.07 Å². The van der Waals surface area contributed by atoms with Gasteiger partial charge in [0.2, 0.25) is 5.92 Å². The van der Waals surface area contributed by atoms with Crippen LogP contribution in [0.1, 0.15) is 25.7 Å². The van der Waals surface area contributed by atoms with Crippen LogP contribution in [-0.4, -0.2) is 29.7 Å². The second-order valence-electron chi connectivity index (χ2n) is 5.19. The Balaban J connectivity index is 1.98. The summed E-state index contributed by atoms with van der Waals surface area (Å²) in [6, 6.07) is 3.45. The molecule has 1 saturated carbocycles. The smallest absolute Gasteiger partial charge is 0.488 e. The molecule has 0 radical (unpaired) electrons. The molecular weight excluding hydrogens is 272 g/mol. The van der Waals surface area contributed by atoms with Gasteiger partial charge >= 0.3 is 7.12 Å². The normalized spacial score (nSPS) is 21.6. The van der Waals surface area contributed by atoms with Crippen LogP contribution in [0.15, 0.2) is 18.2 Å². The molecule has 1 unspecified atom stereocenters. The molecule has 110 valence electrons. The Morgan fingerprint density at radius 2 is 2.10 bits per heavy atom. The van der Waals surface area contributed by atoms with Crippen LogP contribution in [0.2, 0.25) is 0 Å². The number of alkyl halides is 2. The van der Waals surface area contributed by atoms with E-state index in [1.165, 1.54) is 12.1 Å². The lowest BCUT2D eigenvalue weighted by atomic mass is 9.80. The summed E-state index contributed by atoms with van der Waals surface area (Å²) < 4.78 is 45.2. The van der Waals surface area contributed by atoms with Gasteiger partial charge in [-0.3, -0.25) is 0 Å². The summed E-state index contributed by atoms with van der Waals surface area (Å²) >= 11 is 0. The minimum absolute atomic E-state index is 0.00249. The maximum atomic E-state index is 13.5. The highest BCUT2D eigenvalue weighted by atomic mass is 19.3. The molecule has 2 rings (SSSR count). The van der Waals surface area contributed by atoms with Crippen molar-refractivity contribution in [3.8, 4) is 5.75 Å². The first-order chi connectivity index (χ1) is 9.37. The molecule has 2 N–H and O–H groups in total. The zero-order valence-corrected chi connectivity index (χ0v) is 10.9. The number of hydrogen-bond donors (Lipinski definition) is 2. The second-order valence-corrected chi connectivity index (χ2v) is 5.19. The van der Waals surface area contributed by atoms with Gasteiger partial charge in [-0.2, -0.15) is 0 Å². The summed E-state index contributed by atoms with van der Waals surface area (Å²) in [5, 5.41) is 18.0. The molecule has 1 aliphatic carbocycles. The molecule has 0 aromatic heterocycles. The van der Waals surface area contributed by atoms with Crippen LogP contribution in [-0.2, 0) is 0 Å². The van der Waals surface area contributed by atoms with Gasteiger partial charge < -0.3 is 14.8 Å². The highest BCUT2D eigenvalue weighted by molar-refractivity contribution is 6.58. The van der Waals surface area contributed by atoms with E-state index in [2.05, 4.69) is 0 Å². The van der Waals surface area contributed by atoms with Gasteiger partial charge in [0.1, 0.15) is 0 Å². The van der Waals surface area contributed by atoms with Gasteiger partial charge in [0.25, 0.3) is 0 Å². The third-order valence-electron chi connectivity index (χ3n) is 3.47. The molecule has 1 fully saturated rings. The van der Waals surface area contributed by atoms with Gasteiger partial charge in [0, 0.05) is 12.8 Å². The van der Waals surface area contributed by atoms with Gasteiger partial charge in [-0.05, 0) is 36.4 Å². The molecule has 20 heavy (non-hydrogen) atoms. The molecule has 0 heterocycles. The van der Waals surface area contributed by atoms with E-state index in [1.54, 1.807) is 0 Å². The molecule has 0 bridgehead atoms. The zero-order valence-electron chi connectivity index (χ0n) is 10.9. The molecule has 7 heteroatoms. The van der Waals surface area contributed by atoms with E-state index in [9.17, 15) is 13.2 Å². The van der Waals surface area contributed by atoms with E-state index < -0.39 is 18.9 Å². The number of benzene rings is 1. The zero-order chi connectivity index (χ0) is 14.8. The van der Waals surface area contributed by atoms with E-state index in [4.69, 9.17) is 14.8 Å². The van der Waals surface area contributed by atoms with E-state index in [1.807, 2.05) is 0 Å². The van der Waals surface area contributed by atoms with Crippen LogP contribution in [0.5, 0.6) is 5.75 Å². The Bertz CT molecular complexity index is 468. The van der Waals surface area contributed by atoms with Crippen LogP contribution in [0.25, 0.3) is 0 Å². The molecular formula is C13H16BF3O3. The lowest BCUT2D eigenvalue weighted by molar-refractivity contribution is -0.0586. The minimum Gasteiger partial charge on any atom is -0.490 e. The minimum atomic E-state index is -2.67. The summed E-state index contributed by atoms with van der Waals surface area (Å²) in [6.45, 7) is -0.00249. The van der Waals surface area contributed by atoms with Gasteiger partial charge in [-0.1, -0.05) is 6.07 Å². The molecule has 0 saturated heterocycles. The largest absolute Gasteiger partial charge is 0.490 e. The topological polar surface area (TPSA) is 49.7 Å². The van der Waals surface area contributed by atoms with Gasteiger partial charge in [-0.15, -0.1) is 0 Å². The summed E-state index contributed by atoms with van der Waals surface area (Å²) in [5.41, 5.74) is 0.0929. The highest BCUT2D eigenvalue weighted by Crippen LogP contribution is 2.36. The van der Waals surface area contributed by atoms with E-state index >= 15 is 0 Å². The Labute approximate surface area is 115 Å². The van der Waals surface area contributed by atoms with Crippen LogP contribution >= 0.6 is 0 Å². The van der Waals surface area contributed by atoms with Gasteiger partial charge in [0.15, 0.2) is 11.6 Å². The van der Waals surface area contributed by atoms with Crippen LogP contribution in [0.3, 0.4) is 0 Å². The first kappa shape index (κ1) is 15.2. The third kappa shape index (κ3) is 3.90. The number of hydrogen-bond acceptors (Lipinski definition) is 3. The number of ether oxygens (including phenoxy) is 1. The molecule has 1 aromatic rings. The molecule has 1 atom stereocenters. The second kappa shape index (κ2) is 6.05. The predicted octanol–water partition coefficient (Wildman–Crippen LogP) is 1.71. The Hall–Kier alpha value is -1.21. The molecule has 0 spiro atoms. The lowest BCUT2D eigenvalue weighted by Crippen LogP contribution is -2.31. The SMILES string of the molecule is OB(O)c1ccc(F)c(OCC2CCCC(F)(F)C2)c1. The van der Waals surface area contributed by atoms with E-state index in [-0.39, 0.29) is 36.6 Å². The molecule has 0 aliphatic heterocycles. The summed E-state index contributed by atoms with van der Waals surface area (Å²) in [5.74, 6) is -3.80. The fourth-order valence-corrected chi connectivity index (χ4v) is 2.42. The average molecular weight is 288 g/mol. The average Bonchev–Trinajstić information content (AvgIpc) is 2.36. The van der Waals surface area contributed by atoms with Crippen molar-refractivity contribution in [1.82, 2.24) is 0 Å². The highest BCUT2D eigenvalue weighted by Gasteiger charge is 2.36. The summed E-state index contributed by atoms with van der Waals surface area (Å²) in [6.07, 6.45) is 0.694. The monoisotopic (exact) mass is 288 g/mol. The van der Waals surface area contributed by atoms with Crippen molar-refractivity contribution in [2.45, 2.75) is 31.6 Å². The van der Waals surface area contributed by atoms with Crippen LogP contribution < -0.4 is 10.2 Å². The Morgan fingerprint density at radius 1 is 1.35 bits per heavy atom. The van der Waals surface area contributed by atoms with Crippen molar-refractivity contribution in [2.24, 2.45) is 5.92 Å². The Morgan fingerprint density at radius 3 is 2.75 bits per heavy atom. The molecule has 1 aliphatic rings. The molecule has 0 amide bonds. The summed E-state index contributed by atoms with van der Waals surface area (Å²) in [7, 11) is -1.73. The Kier molecular flexibility index (Phi) is 4.60. The quantitative estimate of drug-likeness (QED) is 0.829. The fourth-order valence-electron chi connectivity index (χ4n) is 2.42. The van der Waals surface area contributed by atoms with Crippen molar-refractivity contribution in [1.29, 1.82) is 0 Å². The number of halogens is 3. The van der Waals surface area contributed by atoms with Crippen molar-refractivity contribution < 1.29 is 28.0 Å². The third-order valence-corrected chi connectivity index (χ3v) is 3.47. The maximum absolute atomic E-state index is 13.5. The first-order valence-electron chi connectivity index (χ1n) is 6.53. The van der Waals surface area contributed by atoms with Gasteiger partial charge in [-0.25, -0.2) is 13.2 Å². The standard InChI is InChI=1S/C13H16BF3O3/c15-11-4-3-10(14(18)19)6-12(11)20-8-9-2-1-5-13(16,17)7-9/h3-4,6,9,18-19H,1-2,5,7-8H2. The van der Waals surface area contributed by atoms with Crippen molar-refractivity contribution >= 4 is 12.6 Å². The van der Waals surface area contributed by atoms with Crippen molar-refractivity contribution in [3.63, 3.8) is 0 Å². The molecule has 3 nitrogen and oxygen atoms in total. The fraction of sp³-hybridized carbons (Fsp3) is 0.538. The first-order valence-corrected chi connectivity index (χ1v) is 6.53. The summed E-state index contributed by atoms with van der Waals surface area (Å²) in [4.78, 5) is 0. The van der Waals surface area contributed by atoms with Crippen molar-refractivity contribution in [3.05, 3.63) is 24.0 Å². The van der Waals surface area contributed by atoms with Crippen LogP contribution in [0.4, 0.5) is 13.2 Å². The lowest BCUT2D eigenvalue weighted by Gasteiger charge is -2.28. The van der Waals surface area contributed by atoms with Gasteiger partial charge in [0.05, 0.1) is 6.61 Å². The number of rotatable bonds is 4. The molecule has 1 aromatic carbocycles. The predicted molar refractivity (Wildman–Crippen MR) is 68.6 cm³/mol. The maximum Gasteiger partial charge on any atom is 0.488 e. The van der Waals surface area contributed by atoms with Crippen LogP contribution in [0, 0.1) is 11.7 Å². The van der Waals surface area contributed by atoms with E-state index in [0.29, 0.717) is 12.8 Å².